The Morgan fingerprint density at radius 1 is 1.14 bits per heavy atom. The Bertz CT molecular complexity index is 1160. The maximum Gasteiger partial charge on any atom is 0.271 e. The lowest BCUT2D eigenvalue weighted by atomic mass is 9.93. The fourth-order valence-electron chi connectivity index (χ4n) is 5.13. The van der Waals surface area contributed by atoms with Crippen molar-refractivity contribution in [2.75, 3.05) is 31.6 Å². The average Bonchev–Trinajstić information content (AvgIpc) is 3.33. The SMILES string of the molecule is CCc1c(-c2ccc(N3C[C@@H]4CCCN(C)[C@@H]4C3)cc2)[nH]c(=O)c2c(=O)[nH]sc12. The van der Waals surface area contributed by atoms with Crippen LogP contribution in [0.5, 0.6) is 0 Å². The molecule has 7 heteroatoms. The molecule has 2 saturated heterocycles. The first kappa shape index (κ1) is 18.6. The van der Waals surface area contributed by atoms with Crippen molar-refractivity contribution in [2.45, 2.75) is 32.2 Å². The lowest BCUT2D eigenvalue weighted by Crippen LogP contribution is -2.42. The summed E-state index contributed by atoms with van der Waals surface area (Å²) in [5.41, 5.74) is 3.45. The highest BCUT2D eigenvalue weighted by Gasteiger charge is 2.37. The number of nitrogens with one attached hydrogen (secondary N) is 2. The zero-order valence-corrected chi connectivity index (χ0v) is 17.6. The molecule has 0 radical (unpaired) electrons. The Kier molecular flexibility index (Phi) is 4.59. The molecule has 2 aliphatic rings. The predicted octanol–water partition coefficient (Wildman–Crippen LogP) is 3.04. The maximum absolute atomic E-state index is 12.5. The molecular formula is C22H26N4O2S. The zero-order valence-electron chi connectivity index (χ0n) is 16.8. The number of aromatic amines is 2. The summed E-state index contributed by atoms with van der Waals surface area (Å²) >= 11 is 1.25. The number of nitrogens with zero attached hydrogens (tertiary/aromatic N) is 2. The number of piperidine rings is 1. The third-order valence-electron chi connectivity index (χ3n) is 6.67. The van der Waals surface area contributed by atoms with E-state index in [0.717, 1.165) is 46.9 Å². The number of pyridine rings is 1. The number of H-pyrrole nitrogens is 2. The van der Waals surface area contributed by atoms with Gasteiger partial charge < -0.3 is 14.8 Å². The van der Waals surface area contributed by atoms with Crippen molar-refractivity contribution in [3.05, 3.63) is 50.5 Å². The minimum atomic E-state index is -0.314. The van der Waals surface area contributed by atoms with Crippen LogP contribution in [0.2, 0.25) is 0 Å². The summed E-state index contributed by atoms with van der Waals surface area (Å²) in [7, 11) is 2.25. The molecule has 0 amide bonds. The van der Waals surface area contributed by atoms with Gasteiger partial charge >= 0.3 is 0 Å². The molecule has 1 aromatic carbocycles. The van der Waals surface area contributed by atoms with Crippen molar-refractivity contribution < 1.29 is 0 Å². The number of fused-ring (bicyclic) bond motifs is 2. The van der Waals surface area contributed by atoms with Crippen molar-refractivity contribution >= 4 is 27.3 Å². The summed E-state index contributed by atoms with van der Waals surface area (Å²) < 4.78 is 3.47. The van der Waals surface area contributed by atoms with E-state index in [2.05, 4.69) is 57.4 Å². The molecule has 5 rings (SSSR count). The number of benzene rings is 1. The summed E-state index contributed by atoms with van der Waals surface area (Å²) in [6.07, 6.45) is 3.37. The average molecular weight is 411 g/mol. The van der Waals surface area contributed by atoms with E-state index in [0.29, 0.717) is 6.04 Å². The molecular weight excluding hydrogens is 384 g/mol. The Balaban J connectivity index is 1.48. The highest BCUT2D eigenvalue weighted by Crippen LogP contribution is 2.34. The van der Waals surface area contributed by atoms with Crippen LogP contribution >= 0.6 is 11.5 Å². The Morgan fingerprint density at radius 3 is 2.66 bits per heavy atom. The molecule has 0 bridgehead atoms. The number of aryl methyl sites for hydroxylation is 1. The second kappa shape index (κ2) is 7.15. The molecule has 2 aliphatic heterocycles. The van der Waals surface area contributed by atoms with Gasteiger partial charge in [-0.1, -0.05) is 30.6 Å². The Labute approximate surface area is 173 Å². The van der Waals surface area contributed by atoms with Gasteiger partial charge in [-0.15, -0.1) is 0 Å². The van der Waals surface area contributed by atoms with E-state index in [1.54, 1.807) is 0 Å². The lowest BCUT2D eigenvalue weighted by Gasteiger charge is -2.33. The summed E-state index contributed by atoms with van der Waals surface area (Å²) in [5.74, 6) is 0.759. The first-order valence-corrected chi connectivity index (χ1v) is 11.2. The van der Waals surface area contributed by atoms with Crippen LogP contribution in [-0.4, -0.2) is 47.0 Å². The fourth-order valence-corrected chi connectivity index (χ4v) is 6.08. The van der Waals surface area contributed by atoms with Crippen molar-refractivity contribution in [2.24, 2.45) is 5.92 Å². The van der Waals surface area contributed by atoms with E-state index in [1.165, 1.54) is 36.6 Å². The second-order valence-corrected chi connectivity index (χ2v) is 9.12. The van der Waals surface area contributed by atoms with Crippen LogP contribution in [0.3, 0.4) is 0 Å². The summed E-state index contributed by atoms with van der Waals surface area (Å²) in [6, 6.07) is 9.16. The normalized spacial score (nSPS) is 22.3. The fraction of sp³-hybridized carbons (Fsp3) is 0.455. The first-order chi connectivity index (χ1) is 14.1. The number of hydrogen-bond donors (Lipinski definition) is 2. The number of rotatable bonds is 3. The monoisotopic (exact) mass is 410 g/mol. The first-order valence-electron chi connectivity index (χ1n) is 10.4. The summed E-state index contributed by atoms with van der Waals surface area (Å²) in [4.78, 5) is 32.4. The molecule has 0 unspecified atom stereocenters. The molecule has 2 fully saturated rings. The largest absolute Gasteiger partial charge is 0.370 e. The lowest BCUT2D eigenvalue weighted by molar-refractivity contribution is 0.158. The molecule has 0 saturated carbocycles. The quantitative estimate of drug-likeness (QED) is 0.696. The molecule has 152 valence electrons. The highest BCUT2D eigenvalue weighted by atomic mass is 32.1. The second-order valence-electron chi connectivity index (χ2n) is 8.30. The third kappa shape index (κ3) is 3.04. The van der Waals surface area contributed by atoms with Crippen LogP contribution in [-0.2, 0) is 6.42 Å². The van der Waals surface area contributed by atoms with Crippen molar-refractivity contribution in [3.8, 4) is 11.3 Å². The molecule has 2 atom stereocenters. The Hall–Kier alpha value is -2.38. The van der Waals surface area contributed by atoms with Gasteiger partial charge in [-0.3, -0.25) is 14.0 Å². The molecule has 6 nitrogen and oxygen atoms in total. The van der Waals surface area contributed by atoms with Gasteiger partial charge in [0.15, 0.2) is 0 Å². The highest BCUT2D eigenvalue weighted by molar-refractivity contribution is 7.13. The van der Waals surface area contributed by atoms with Gasteiger partial charge in [0.25, 0.3) is 11.1 Å². The maximum atomic E-state index is 12.5. The number of likely N-dealkylation sites (N-methyl/N-ethyl adjacent to an activating group) is 1. The van der Waals surface area contributed by atoms with E-state index in [-0.39, 0.29) is 16.5 Å². The van der Waals surface area contributed by atoms with E-state index in [4.69, 9.17) is 0 Å². The van der Waals surface area contributed by atoms with Crippen molar-refractivity contribution in [1.29, 1.82) is 0 Å². The van der Waals surface area contributed by atoms with E-state index >= 15 is 0 Å². The predicted molar refractivity (Wildman–Crippen MR) is 119 cm³/mol. The van der Waals surface area contributed by atoms with E-state index in [9.17, 15) is 9.59 Å². The molecule has 4 heterocycles. The van der Waals surface area contributed by atoms with Gasteiger partial charge in [-0.2, -0.15) is 0 Å². The molecule has 29 heavy (non-hydrogen) atoms. The van der Waals surface area contributed by atoms with E-state index in [1.807, 2.05) is 0 Å². The molecule has 2 N–H and O–H groups in total. The standard InChI is InChI=1S/C22H26N4O2S/c1-3-16-19(23-21(27)18-20(16)29-24-22(18)28)13-6-8-15(9-7-13)26-11-14-5-4-10-25(2)17(14)12-26/h6-9,14,17H,3-5,10-12H2,1-2H3,(H,23,27)(H,24,28)/t14-,17+/m0/s1. The molecule has 3 aromatic rings. The minimum absolute atomic E-state index is 0.246. The topological polar surface area (TPSA) is 72.2 Å². The summed E-state index contributed by atoms with van der Waals surface area (Å²) in [6.45, 7) is 5.46. The van der Waals surface area contributed by atoms with Gasteiger partial charge in [0.05, 0.1) is 10.4 Å². The molecule has 0 aliphatic carbocycles. The van der Waals surface area contributed by atoms with Gasteiger partial charge in [-0.25, -0.2) is 0 Å². The third-order valence-corrected chi connectivity index (χ3v) is 7.62. The van der Waals surface area contributed by atoms with Gasteiger partial charge in [-0.05, 0) is 62.0 Å². The number of anilines is 1. The van der Waals surface area contributed by atoms with Gasteiger partial charge in [0.1, 0.15) is 5.39 Å². The van der Waals surface area contributed by atoms with Crippen LogP contribution in [0.25, 0.3) is 21.3 Å². The van der Waals surface area contributed by atoms with Gasteiger partial charge in [0, 0.05) is 24.8 Å². The number of aromatic nitrogens is 2. The van der Waals surface area contributed by atoms with Crippen LogP contribution in [0.1, 0.15) is 25.3 Å². The van der Waals surface area contributed by atoms with Gasteiger partial charge in [0.2, 0.25) is 0 Å². The zero-order chi connectivity index (χ0) is 20.1. The van der Waals surface area contributed by atoms with Crippen LogP contribution in [0, 0.1) is 5.92 Å². The summed E-state index contributed by atoms with van der Waals surface area (Å²) in [5, 5.41) is 0.246. The molecule has 0 spiro atoms. The van der Waals surface area contributed by atoms with Crippen molar-refractivity contribution in [3.63, 3.8) is 0 Å². The van der Waals surface area contributed by atoms with Crippen molar-refractivity contribution in [1.82, 2.24) is 14.3 Å². The van der Waals surface area contributed by atoms with E-state index < -0.39 is 0 Å². The number of hydrogen-bond acceptors (Lipinski definition) is 5. The smallest absolute Gasteiger partial charge is 0.271 e. The Morgan fingerprint density at radius 2 is 1.93 bits per heavy atom. The molecule has 2 aromatic heterocycles. The van der Waals surface area contributed by atoms with Crippen LogP contribution in [0.15, 0.2) is 33.9 Å². The number of likely N-dealkylation sites (tertiary alicyclic amines) is 1. The minimum Gasteiger partial charge on any atom is -0.370 e. The van der Waals surface area contributed by atoms with Crippen LogP contribution < -0.4 is 16.0 Å². The van der Waals surface area contributed by atoms with Crippen LogP contribution in [0.4, 0.5) is 5.69 Å².